The third-order valence-electron chi connectivity index (χ3n) is 2.40. The average molecular weight is 277 g/mol. The highest BCUT2D eigenvalue weighted by Gasteiger charge is 2.07. The lowest BCUT2D eigenvalue weighted by Gasteiger charge is -2.12. The topological polar surface area (TPSA) is 52.1 Å². The summed E-state index contributed by atoms with van der Waals surface area (Å²) in [5.74, 6) is 0.637. The van der Waals surface area contributed by atoms with E-state index in [-0.39, 0.29) is 6.10 Å². The van der Waals surface area contributed by atoms with Gasteiger partial charge in [0, 0.05) is 5.56 Å². The molecule has 0 radical (unpaired) electrons. The molecular formula is C14H13ClN2O2. The van der Waals surface area contributed by atoms with E-state index in [9.17, 15) is 4.79 Å². The number of aldehydes is 1. The van der Waals surface area contributed by atoms with Crippen LogP contribution in [0.3, 0.4) is 0 Å². The van der Waals surface area contributed by atoms with Gasteiger partial charge in [-0.1, -0.05) is 11.6 Å². The molecule has 0 atom stereocenters. The van der Waals surface area contributed by atoms with Crippen LogP contribution in [0.4, 0.5) is 0 Å². The molecule has 1 aromatic carbocycles. The van der Waals surface area contributed by atoms with E-state index in [1.54, 1.807) is 24.3 Å². The number of benzene rings is 1. The highest BCUT2D eigenvalue weighted by molar-refractivity contribution is 6.32. The molecule has 1 aromatic heterocycles. The highest BCUT2D eigenvalue weighted by Crippen LogP contribution is 2.30. The van der Waals surface area contributed by atoms with E-state index in [4.69, 9.17) is 16.3 Å². The van der Waals surface area contributed by atoms with Crippen LogP contribution in [0.5, 0.6) is 5.75 Å². The second-order valence-corrected chi connectivity index (χ2v) is 4.68. The van der Waals surface area contributed by atoms with Crippen molar-refractivity contribution in [1.82, 2.24) is 10.2 Å². The van der Waals surface area contributed by atoms with Gasteiger partial charge >= 0.3 is 0 Å². The van der Waals surface area contributed by atoms with Crippen LogP contribution in [0.15, 0.2) is 30.3 Å². The smallest absolute Gasteiger partial charge is 0.170 e. The largest absolute Gasteiger partial charge is 0.489 e. The van der Waals surface area contributed by atoms with E-state index in [2.05, 4.69) is 10.2 Å². The molecule has 19 heavy (non-hydrogen) atoms. The second kappa shape index (κ2) is 5.80. The summed E-state index contributed by atoms with van der Waals surface area (Å²) in [4.78, 5) is 10.5. The summed E-state index contributed by atoms with van der Waals surface area (Å²) < 4.78 is 5.56. The molecule has 0 spiro atoms. The van der Waals surface area contributed by atoms with E-state index in [1.807, 2.05) is 19.9 Å². The Morgan fingerprint density at radius 1 is 1.21 bits per heavy atom. The molecule has 0 unspecified atom stereocenters. The fourth-order valence-corrected chi connectivity index (χ4v) is 1.79. The molecule has 2 aromatic rings. The van der Waals surface area contributed by atoms with Crippen LogP contribution in [0.2, 0.25) is 5.02 Å². The zero-order valence-electron chi connectivity index (χ0n) is 10.6. The molecule has 1 heterocycles. The summed E-state index contributed by atoms with van der Waals surface area (Å²) in [6, 6.07) is 8.76. The Labute approximate surface area is 116 Å². The van der Waals surface area contributed by atoms with Crippen LogP contribution in [-0.2, 0) is 0 Å². The first-order chi connectivity index (χ1) is 9.10. The van der Waals surface area contributed by atoms with Gasteiger partial charge in [-0.15, -0.1) is 10.2 Å². The minimum absolute atomic E-state index is 0.0648. The minimum atomic E-state index is 0.0648. The summed E-state index contributed by atoms with van der Waals surface area (Å²) in [7, 11) is 0. The molecule has 0 fully saturated rings. The Hall–Kier alpha value is -1.94. The van der Waals surface area contributed by atoms with Crippen molar-refractivity contribution in [3.8, 4) is 17.0 Å². The molecule has 0 saturated heterocycles. The van der Waals surface area contributed by atoms with E-state index < -0.39 is 0 Å². The van der Waals surface area contributed by atoms with Crippen LogP contribution < -0.4 is 4.74 Å². The van der Waals surface area contributed by atoms with Crippen molar-refractivity contribution in [2.75, 3.05) is 0 Å². The number of rotatable bonds is 4. The lowest BCUT2D eigenvalue weighted by Crippen LogP contribution is -2.05. The molecule has 0 saturated carbocycles. The fraction of sp³-hybridized carbons (Fsp3) is 0.214. The van der Waals surface area contributed by atoms with Gasteiger partial charge in [-0.05, 0) is 44.2 Å². The first-order valence-corrected chi connectivity index (χ1v) is 6.23. The van der Waals surface area contributed by atoms with Crippen molar-refractivity contribution in [2.45, 2.75) is 20.0 Å². The molecule has 5 heteroatoms. The first-order valence-electron chi connectivity index (χ1n) is 5.85. The standard InChI is InChI=1S/C14H13ClN2O2/c1-9(2)19-14-6-3-10(7-12(14)15)13-5-4-11(8-18)16-17-13/h3-9H,1-2H3. The number of hydrogen-bond acceptors (Lipinski definition) is 4. The third kappa shape index (κ3) is 3.29. The van der Waals surface area contributed by atoms with Crippen LogP contribution in [0.25, 0.3) is 11.3 Å². The predicted octanol–water partition coefficient (Wildman–Crippen LogP) is 3.40. The monoisotopic (exact) mass is 276 g/mol. The summed E-state index contributed by atoms with van der Waals surface area (Å²) in [6.07, 6.45) is 0.721. The molecule has 0 bridgehead atoms. The minimum Gasteiger partial charge on any atom is -0.489 e. The number of carbonyl (C=O) groups is 1. The predicted molar refractivity (Wildman–Crippen MR) is 73.6 cm³/mol. The van der Waals surface area contributed by atoms with E-state index in [1.165, 1.54) is 0 Å². The van der Waals surface area contributed by atoms with Crippen LogP contribution >= 0.6 is 11.6 Å². The van der Waals surface area contributed by atoms with Gasteiger partial charge in [0.25, 0.3) is 0 Å². The molecule has 2 rings (SSSR count). The number of carbonyl (C=O) groups excluding carboxylic acids is 1. The Morgan fingerprint density at radius 2 is 2.00 bits per heavy atom. The van der Waals surface area contributed by atoms with Crippen molar-refractivity contribution in [2.24, 2.45) is 0 Å². The van der Waals surface area contributed by atoms with Crippen molar-refractivity contribution in [1.29, 1.82) is 0 Å². The molecule has 0 amide bonds. The average Bonchev–Trinajstić information content (AvgIpc) is 2.41. The van der Waals surface area contributed by atoms with E-state index in [0.717, 1.165) is 5.56 Å². The molecule has 0 aliphatic carbocycles. The van der Waals surface area contributed by atoms with Gasteiger partial charge < -0.3 is 4.74 Å². The maximum Gasteiger partial charge on any atom is 0.170 e. The zero-order chi connectivity index (χ0) is 13.8. The number of ether oxygens (including phenoxy) is 1. The zero-order valence-corrected chi connectivity index (χ0v) is 11.4. The van der Waals surface area contributed by atoms with E-state index >= 15 is 0 Å². The van der Waals surface area contributed by atoms with Crippen LogP contribution in [-0.4, -0.2) is 22.6 Å². The normalized spacial score (nSPS) is 10.5. The van der Waals surface area contributed by atoms with Gasteiger partial charge in [-0.3, -0.25) is 4.79 Å². The molecule has 4 nitrogen and oxygen atoms in total. The maximum atomic E-state index is 10.5. The van der Waals surface area contributed by atoms with Gasteiger partial charge in [-0.25, -0.2) is 0 Å². The first kappa shape index (κ1) is 13.5. The van der Waals surface area contributed by atoms with Crippen molar-refractivity contribution in [3.63, 3.8) is 0 Å². The van der Waals surface area contributed by atoms with Crippen molar-refractivity contribution in [3.05, 3.63) is 41.0 Å². The Balaban J connectivity index is 2.30. The Morgan fingerprint density at radius 3 is 2.53 bits per heavy atom. The number of halogens is 1. The lowest BCUT2D eigenvalue weighted by atomic mass is 10.1. The number of aromatic nitrogens is 2. The number of nitrogens with zero attached hydrogens (tertiary/aromatic N) is 2. The molecule has 98 valence electrons. The summed E-state index contributed by atoms with van der Waals surface area (Å²) in [6.45, 7) is 3.88. The van der Waals surface area contributed by atoms with Gasteiger partial charge in [0.15, 0.2) is 6.29 Å². The summed E-state index contributed by atoms with van der Waals surface area (Å²) in [5, 5.41) is 8.27. The van der Waals surface area contributed by atoms with E-state index in [0.29, 0.717) is 28.4 Å². The van der Waals surface area contributed by atoms with Crippen LogP contribution in [0.1, 0.15) is 24.3 Å². The second-order valence-electron chi connectivity index (χ2n) is 4.27. The van der Waals surface area contributed by atoms with Crippen molar-refractivity contribution >= 4 is 17.9 Å². The van der Waals surface area contributed by atoms with Gasteiger partial charge in [0.1, 0.15) is 11.4 Å². The Bertz CT molecular complexity index is 582. The molecule has 0 aliphatic rings. The SMILES string of the molecule is CC(C)Oc1ccc(-c2ccc(C=O)nn2)cc1Cl. The summed E-state index contributed by atoms with van der Waals surface area (Å²) >= 11 is 6.15. The van der Waals surface area contributed by atoms with Crippen molar-refractivity contribution < 1.29 is 9.53 Å². The van der Waals surface area contributed by atoms with Gasteiger partial charge in [-0.2, -0.15) is 0 Å². The molecule has 0 aliphatic heterocycles. The summed E-state index contributed by atoms with van der Waals surface area (Å²) in [5.41, 5.74) is 1.78. The number of hydrogen-bond donors (Lipinski definition) is 0. The molecule has 0 N–H and O–H groups in total. The van der Waals surface area contributed by atoms with Crippen LogP contribution in [0, 0.1) is 0 Å². The maximum absolute atomic E-state index is 10.5. The molecular weight excluding hydrogens is 264 g/mol. The van der Waals surface area contributed by atoms with Gasteiger partial charge in [0.05, 0.1) is 16.8 Å². The highest BCUT2D eigenvalue weighted by atomic mass is 35.5. The quantitative estimate of drug-likeness (QED) is 0.803. The Kier molecular flexibility index (Phi) is 4.12. The van der Waals surface area contributed by atoms with Gasteiger partial charge in [0.2, 0.25) is 0 Å². The fourth-order valence-electron chi connectivity index (χ4n) is 1.57. The lowest BCUT2D eigenvalue weighted by molar-refractivity contribution is 0.111. The third-order valence-corrected chi connectivity index (χ3v) is 2.69.